The molecular formula is C18H22ClN3O2S. The van der Waals surface area contributed by atoms with Crippen molar-refractivity contribution in [2.45, 2.75) is 4.90 Å². The molecule has 3 rings (SSSR count). The zero-order valence-electron chi connectivity index (χ0n) is 14.3. The van der Waals surface area contributed by atoms with Crippen molar-refractivity contribution in [1.29, 1.82) is 0 Å². The molecule has 1 atom stereocenters. The van der Waals surface area contributed by atoms with Crippen LogP contribution < -0.4 is 15.2 Å². The molecule has 0 radical (unpaired) electrons. The van der Waals surface area contributed by atoms with Gasteiger partial charge in [0, 0.05) is 48.0 Å². The summed E-state index contributed by atoms with van der Waals surface area (Å²) in [6, 6.07) is 12.1. The minimum Gasteiger partial charge on any atom is -0.395 e. The molecule has 0 aromatic heterocycles. The minimum absolute atomic E-state index is 0.105. The highest BCUT2D eigenvalue weighted by Gasteiger charge is 2.14. The molecule has 0 amide bonds. The van der Waals surface area contributed by atoms with Crippen LogP contribution in [0.2, 0.25) is 0 Å². The fourth-order valence-corrected chi connectivity index (χ4v) is 4.78. The first-order chi connectivity index (χ1) is 12.0. The summed E-state index contributed by atoms with van der Waals surface area (Å²) < 4.78 is 0.999. The summed E-state index contributed by atoms with van der Waals surface area (Å²) in [5, 5.41) is 19.2. The molecule has 134 valence electrons. The van der Waals surface area contributed by atoms with E-state index in [1.54, 1.807) is 0 Å². The van der Waals surface area contributed by atoms with Crippen LogP contribution in [0.25, 0.3) is 0 Å². The number of aliphatic hydroxyl groups excluding tert-OH is 2. The minimum atomic E-state index is -0.601. The van der Waals surface area contributed by atoms with E-state index in [4.69, 9.17) is 25.9 Å². The van der Waals surface area contributed by atoms with Gasteiger partial charge in [-0.2, -0.15) is 0 Å². The van der Waals surface area contributed by atoms with Crippen LogP contribution >= 0.6 is 20.4 Å². The monoisotopic (exact) mass is 379 g/mol. The highest BCUT2D eigenvalue weighted by Crippen LogP contribution is 2.44. The van der Waals surface area contributed by atoms with Crippen LogP contribution in [-0.4, -0.2) is 50.6 Å². The van der Waals surface area contributed by atoms with E-state index in [1.807, 2.05) is 48.2 Å². The highest BCUT2D eigenvalue weighted by atomic mass is 35.7. The molecule has 1 heterocycles. The fraction of sp³-hybridized carbons (Fsp3) is 0.333. The summed E-state index contributed by atoms with van der Waals surface area (Å²) in [4.78, 5) is 9.73. The summed E-state index contributed by atoms with van der Waals surface area (Å²) in [5.41, 5.74) is 2.92. The van der Waals surface area contributed by atoms with Gasteiger partial charge in [0.2, 0.25) is 0 Å². The summed E-state index contributed by atoms with van der Waals surface area (Å²) in [6.45, 7) is 1.35. The summed E-state index contributed by atoms with van der Waals surface area (Å²) in [6.07, 6.45) is 0. The van der Waals surface area contributed by atoms with E-state index < -0.39 is 9.70 Å². The summed E-state index contributed by atoms with van der Waals surface area (Å²) in [7, 11) is 10.1. The molecule has 0 spiro atoms. The first-order valence-corrected chi connectivity index (χ1v) is 10.1. The van der Waals surface area contributed by atoms with Crippen molar-refractivity contribution in [2.75, 3.05) is 50.2 Å². The Hall–Kier alpha value is -1.60. The summed E-state index contributed by atoms with van der Waals surface area (Å²) >= 11 is 0. The number of anilines is 2. The van der Waals surface area contributed by atoms with Crippen LogP contribution in [0.5, 0.6) is 0 Å². The number of hydrogen-bond donors (Lipinski definition) is 2. The molecule has 0 saturated carbocycles. The number of benzene rings is 2. The zero-order chi connectivity index (χ0) is 18.0. The maximum Gasteiger partial charge on any atom is 0.0781 e. The molecule has 25 heavy (non-hydrogen) atoms. The number of aliphatic hydroxyl groups is 2. The van der Waals surface area contributed by atoms with Gasteiger partial charge in [-0.25, -0.2) is 4.99 Å². The van der Waals surface area contributed by atoms with Crippen molar-refractivity contribution in [3.63, 3.8) is 0 Å². The molecular weight excluding hydrogens is 358 g/mol. The standard InChI is InChI=1S/C18H22ClN3O2S/c1-21(7-9-23)13-3-5-15-17(11-13)25(19)18-12-14(22(2)8-10-24)4-6-16(18)20-15/h3-6,11-12,23-24H,7-10H2,1-2H3. The first kappa shape index (κ1) is 18.2. The number of nitrogens with zero attached hydrogens (tertiary/aromatic N) is 3. The van der Waals surface area contributed by atoms with Crippen molar-refractivity contribution in [3.8, 4) is 0 Å². The van der Waals surface area contributed by atoms with E-state index in [1.165, 1.54) is 0 Å². The number of rotatable bonds is 6. The molecule has 2 aromatic carbocycles. The number of likely N-dealkylation sites (N-methyl/N-ethyl adjacent to an activating group) is 2. The second-order valence-electron chi connectivity index (χ2n) is 5.96. The van der Waals surface area contributed by atoms with Crippen molar-refractivity contribution in [1.82, 2.24) is 0 Å². The predicted octanol–water partition coefficient (Wildman–Crippen LogP) is 2.54. The van der Waals surface area contributed by atoms with Crippen molar-refractivity contribution >= 4 is 37.4 Å². The molecule has 5 nitrogen and oxygen atoms in total. The highest BCUT2D eigenvalue weighted by molar-refractivity contribution is 8.29. The number of fused-ring (bicyclic) bond motifs is 2. The van der Waals surface area contributed by atoms with Gasteiger partial charge in [-0.3, -0.25) is 0 Å². The van der Waals surface area contributed by atoms with Gasteiger partial charge < -0.3 is 20.0 Å². The van der Waals surface area contributed by atoms with Gasteiger partial charge in [0.1, 0.15) is 0 Å². The van der Waals surface area contributed by atoms with E-state index >= 15 is 0 Å². The van der Waals surface area contributed by atoms with Gasteiger partial charge in [0.15, 0.2) is 0 Å². The summed E-state index contributed by atoms with van der Waals surface area (Å²) in [5.74, 6) is 0. The van der Waals surface area contributed by atoms with Crippen LogP contribution in [0.1, 0.15) is 0 Å². The Kier molecular flexibility index (Phi) is 5.64. The molecule has 2 N–H and O–H groups in total. The maximum absolute atomic E-state index is 9.14. The third kappa shape index (κ3) is 3.67. The van der Waals surface area contributed by atoms with Crippen LogP contribution in [0.3, 0.4) is 0 Å². The van der Waals surface area contributed by atoms with E-state index in [0.29, 0.717) is 13.1 Å². The van der Waals surface area contributed by atoms with Crippen LogP contribution in [-0.2, 0) is 0 Å². The largest absolute Gasteiger partial charge is 0.395 e. The Labute approximate surface area is 154 Å². The normalized spacial score (nSPS) is 15.2. The Balaban J connectivity index is 2.08. The fourth-order valence-electron chi connectivity index (χ4n) is 2.76. The maximum atomic E-state index is 9.14. The number of hydrogen-bond acceptors (Lipinski definition) is 5. The molecule has 0 bridgehead atoms. The Morgan fingerprint density at radius 1 is 0.960 bits per heavy atom. The molecule has 1 aliphatic rings. The molecule has 0 saturated heterocycles. The van der Waals surface area contributed by atoms with E-state index in [-0.39, 0.29) is 13.2 Å². The van der Waals surface area contributed by atoms with E-state index in [9.17, 15) is 0 Å². The second kappa shape index (κ2) is 7.74. The lowest BCUT2D eigenvalue weighted by Gasteiger charge is -2.21. The van der Waals surface area contributed by atoms with Crippen LogP contribution in [0.4, 0.5) is 17.1 Å². The molecule has 1 aliphatic heterocycles. The third-order valence-electron chi connectivity index (χ3n) is 4.27. The number of halogens is 1. The van der Waals surface area contributed by atoms with E-state index in [0.717, 1.165) is 31.8 Å². The van der Waals surface area contributed by atoms with E-state index in [2.05, 4.69) is 12.1 Å². The smallest absolute Gasteiger partial charge is 0.0781 e. The molecule has 1 unspecified atom stereocenters. The Morgan fingerprint density at radius 3 is 2.20 bits per heavy atom. The quantitative estimate of drug-likeness (QED) is 0.757. The Bertz CT molecular complexity index is 904. The van der Waals surface area contributed by atoms with Gasteiger partial charge in [-0.1, -0.05) is 9.70 Å². The SMILES string of the molecule is CN(CCO)c1ccc2c(c1)S(Cl)=c1cc(N(C)CCO)ccc1=N2. The van der Waals surface area contributed by atoms with Crippen molar-refractivity contribution < 1.29 is 10.2 Å². The first-order valence-electron chi connectivity index (χ1n) is 8.09. The van der Waals surface area contributed by atoms with Gasteiger partial charge in [0.25, 0.3) is 0 Å². The molecule has 7 heteroatoms. The van der Waals surface area contributed by atoms with Crippen molar-refractivity contribution in [2.24, 2.45) is 4.99 Å². The van der Waals surface area contributed by atoms with Gasteiger partial charge in [-0.05, 0) is 47.1 Å². The van der Waals surface area contributed by atoms with Gasteiger partial charge in [0.05, 0.1) is 24.3 Å². The lowest BCUT2D eigenvalue weighted by molar-refractivity contribution is 0.304. The van der Waals surface area contributed by atoms with Crippen LogP contribution in [0.15, 0.2) is 46.3 Å². The van der Waals surface area contributed by atoms with Crippen molar-refractivity contribution in [3.05, 3.63) is 46.3 Å². The lowest BCUT2D eigenvalue weighted by Crippen LogP contribution is -2.22. The average molecular weight is 380 g/mol. The molecule has 0 aliphatic carbocycles. The second-order valence-corrected chi connectivity index (χ2v) is 8.28. The third-order valence-corrected chi connectivity index (χ3v) is 6.69. The molecule has 2 aromatic rings. The predicted molar refractivity (Wildman–Crippen MR) is 105 cm³/mol. The topological polar surface area (TPSA) is 59.3 Å². The average Bonchev–Trinajstić information content (AvgIpc) is 2.62. The Morgan fingerprint density at radius 2 is 1.56 bits per heavy atom. The van der Waals surface area contributed by atoms with Gasteiger partial charge in [-0.15, -0.1) is 0 Å². The van der Waals surface area contributed by atoms with Gasteiger partial charge >= 0.3 is 0 Å². The van der Waals surface area contributed by atoms with Crippen LogP contribution in [0, 0.1) is 4.51 Å². The lowest BCUT2D eigenvalue weighted by atomic mass is 10.2. The zero-order valence-corrected chi connectivity index (χ0v) is 15.9. The molecule has 0 fully saturated rings.